The lowest BCUT2D eigenvalue weighted by molar-refractivity contribution is 0.0576. The highest BCUT2D eigenvalue weighted by Gasteiger charge is 2.25. The second kappa shape index (κ2) is 10.7. The Balaban J connectivity index is 1.44. The molecule has 39 heavy (non-hydrogen) atoms. The molecule has 8 nitrogen and oxygen atoms in total. The zero-order valence-corrected chi connectivity index (χ0v) is 22.4. The summed E-state index contributed by atoms with van der Waals surface area (Å²) in [5, 5.41) is 1.30. The Morgan fingerprint density at radius 1 is 0.974 bits per heavy atom. The number of amides is 1. The van der Waals surface area contributed by atoms with Crippen LogP contribution in [0.3, 0.4) is 0 Å². The van der Waals surface area contributed by atoms with Crippen molar-refractivity contribution in [3.63, 3.8) is 0 Å². The molecule has 0 fully saturated rings. The van der Waals surface area contributed by atoms with Gasteiger partial charge in [-0.25, -0.2) is 14.8 Å². The molecule has 9 heteroatoms. The van der Waals surface area contributed by atoms with Crippen molar-refractivity contribution < 1.29 is 14.3 Å². The van der Waals surface area contributed by atoms with Crippen molar-refractivity contribution in [3.05, 3.63) is 107 Å². The van der Waals surface area contributed by atoms with Crippen LogP contribution in [0.15, 0.2) is 85.6 Å². The third kappa shape index (κ3) is 5.97. The lowest BCUT2D eigenvalue weighted by Gasteiger charge is -2.27. The minimum Gasteiger partial charge on any atom is -0.443 e. The van der Waals surface area contributed by atoms with E-state index in [2.05, 4.69) is 19.9 Å². The maximum absolute atomic E-state index is 13.5. The molecule has 1 N–H and O–H groups in total. The number of ether oxygens (including phenoxy) is 1. The van der Waals surface area contributed by atoms with Gasteiger partial charge < -0.3 is 9.72 Å². The van der Waals surface area contributed by atoms with Crippen molar-refractivity contribution >= 4 is 40.3 Å². The molecule has 0 aliphatic rings. The Morgan fingerprint density at radius 2 is 1.77 bits per heavy atom. The molecule has 0 atom stereocenters. The van der Waals surface area contributed by atoms with Crippen LogP contribution >= 0.6 is 11.6 Å². The number of fused-ring (bicyclic) bond motifs is 1. The Hall–Kier alpha value is -4.56. The Kier molecular flexibility index (Phi) is 7.13. The number of hydrogen-bond donors (Lipinski definition) is 1. The van der Waals surface area contributed by atoms with E-state index in [-0.39, 0.29) is 12.3 Å². The number of hydrogen-bond acceptors (Lipinski definition) is 6. The van der Waals surface area contributed by atoms with Crippen LogP contribution in [0, 0.1) is 0 Å². The number of ketones is 1. The van der Waals surface area contributed by atoms with Crippen LogP contribution in [0.1, 0.15) is 42.3 Å². The topological polar surface area (TPSA) is 101 Å². The minimum absolute atomic E-state index is 0.216. The highest BCUT2D eigenvalue weighted by molar-refractivity contribution is 6.30. The maximum Gasteiger partial charge on any atom is 0.416 e. The molecule has 5 aromatic rings. The van der Waals surface area contributed by atoms with Crippen LogP contribution < -0.4 is 4.90 Å². The van der Waals surface area contributed by atoms with Crippen LogP contribution in [-0.4, -0.2) is 37.4 Å². The van der Waals surface area contributed by atoms with Gasteiger partial charge in [0.05, 0.1) is 6.54 Å². The van der Waals surface area contributed by atoms with Gasteiger partial charge in [-0.1, -0.05) is 29.8 Å². The highest BCUT2D eigenvalue weighted by Crippen LogP contribution is 2.27. The van der Waals surface area contributed by atoms with Gasteiger partial charge >= 0.3 is 6.09 Å². The lowest BCUT2D eigenvalue weighted by atomic mass is 10.0. The second-order valence-electron chi connectivity index (χ2n) is 9.99. The zero-order chi connectivity index (χ0) is 27.6. The number of aromatic amines is 1. The van der Waals surface area contributed by atoms with Crippen molar-refractivity contribution in [2.75, 3.05) is 4.90 Å². The van der Waals surface area contributed by atoms with Gasteiger partial charge in [0, 0.05) is 63.6 Å². The molecule has 0 saturated carbocycles. The molecule has 0 saturated heterocycles. The zero-order valence-electron chi connectivity index (χ0n) is 21.7. The van der Waals surface area contributed by atoms with Crippen molar-refractivity contribution in [1.29, 1.82) is 0 Å². The van der Waals surface area contributed by atoms with E-state index < -0.39 is 11.7 Å². The van der Waals surface area contributed by atoms with Gasteiger partial charge in [-0.2, -0.15) is 0 Å². The fourth-order valence-corrected chi connectivity index (χ4v) is 4.17. The SMILES string of the molecule is CC(C)(C)OC(=O)N(Cc1ccc(Cl)cc1)c1ccc(C(=O)c2c[nH]c3ncc(-c4cccnc4)cc23)cn1. The van der Waals surface area contributed by atoms with E-state index in [0.717, 1.165) is 16.7 Å². The summed E-state index contributed by atoms with van der Waals surface area (Å²) in [6.07, 6.45) is 7.76. The van der Waals surface area contributed by atoms with Crippen LogP contribution in [-0.2, 0) is 11.3 Å². The number of rotatable bonds is 6. The first-order valence-electron chi connectivity index (χ1n) is 12.3. The monoisotopic (exact) mass is 539 g/mol. The number of halogens is 1. The average molecular weight is 540 g/mol. The minimum atomic E-state index is -0.691. The summed E-state index contributed by atoms with van der Waals surface area (Å²) >= 11 is 6.02. The number of aromatic nitrogens is 4. The fourth-order valence-electron chi connectivity index (χ4n) is 4.05. The molecule has 4 heterocycles. The van der Waals surface area contributed by atoms with Gasteiger partial charge in [-0.3, -0.25) is 14.7 Å². The van der Waals surface area contributed by atoms with Crippen molar-refractivity contribution in [1.82, 2.24) is 19.9 Å². The van der Waals surface area contributed by atoms with Crippen molar-refractivity contribution in [2.45, 2.75) is 32.9 Å². The van der Waals surface area contributed by atoms with Gasteiger partial charge in [0.25, 0.3) is 0 Å². The molecule has 1 amide bonds. The van der Waals surface area contributed by atoms with Gasteiger partial charge in [-0.05, 0) is 62.7 Å². The molecule has 0 unspecified atom stereocenters. The summed E-state index contributed by atoms with van der Waals surface area (Å²) in [5.74, 6) is 0.141. The normalized spacial score (nSPS) is 11.4. The number of nitrogens with zero attached hydrogens (tertiary/aromatic N) is 4. The van der Waals surface area contributed by atoms with Crippen LogP contribution in [0.5, 0.6) is 0 Å². The molecule has 196 valence electrons. The first-order chi connectivity index (χ1) is 18.7. The van der Waals surface area contributed by atoms with E-state index in [0.29, 0.717) is 33.0 Å². The number of anilines is 1. The fraction of sp³-hybridized carbons (Fsp3) is 0.167. The van der Waals surface area contributed by atoms with Gasteiger partial charge in [0.2, 0.25) is 0 Å². The van der Waals surface area contributed by atoms with E-state index in [4.69, 9.17) is 16.3 Å². The summed E-state index contributed by atoms with van der Waals surface area (Å²) in [6, 6.07) is 16.2. The Labute approximate surface area is 230 Å². The largest absolute Gasteiger partial charge is 0.443 e. The predicted molar refractivity (Wildman–Crippen MR) is 151 cm³/mol. The van der Waals surface area contributed by atoms with E-state index in [1.165, 1.54) is 11.1 Å². The summed E-state index contributed by atoms with van der Waals surface area (Å²) < 4.78 is 5.62. The molecule has 0 bridgehead atoms. The summed E-state index contributed by atoms with van der Waals surface area (Å²) in [4.78, 5) is 44.2. The molecule has 4 aromatic heterocycles. The third-order valence-corrected chi connectivity index (χ3v) is 6.18. The molecule has 5 rings (SSSR count). The van der Waals surface area contributed by atoms with Gasteiger partial charge in [0.1, 0.15) is 17.1 Å². The number of H-pyrrole nitrogens is 1. The third-order valence-electron chi connectivity index (χ3n) is 5.93. The quantitative estimate of drug-likeness (QED) is 0.237. The first kappa shape index (κ1) is 26.1. The standard InChI is InChI=1S/C30H26ClN5O3/c1-30(2,3)39-29(38)36(18-19-6-9-23(31)10-7-19)26-11-8-21(15-33-26)27(37)25-17-35-28-24(25)13-22(16-34-28)20-5-4-12-32-14-20/h4-17H,18H2,1-3H3,(H,34,35). The van der Waals surface area contributed by atoms with Crippen LogP contribution in [0.25, 0.3) is 22.2 Å². The molecule has 1 aromatic carbocycles. The van der Waals surface area contributed by atoms with Gasteiger partial charge in [-0.15, -0.1) is 0 Å². The second-order valence-corrected chi connectivity index (χ2v) is 10.4. The average Bonchev–Trinajstić information content (AvgIpc) is 3.35. The maximum atomic E-state index is 13.5. The number of carbonyl (C=O) groups is 2. The van der Waals surface area contributed by atoms with Crippen molar-refractivity contribution in [3.8, 4) is 11.1 Å². The van der Waals surface area contributed by atoms with E-state index >= 15 is 0 Å². The molecule has 0 radical (unpaired) electrons. The highest BCUT2D eigenvalue weighted by atomic mass is 35.5. The number of pyridine rings is 3. The Bertz CT molecular complexity index is 1630. The lowest BCUT2D eigenvalue weighted by Crippen LogP contribution is -2.37. The van der Waals surface area contributed by atoms with Gasteiger partial charge in [0.15, 0.2) is 5.78 Å². The molecule has 0 aliphatic carbocycles. The number of benzene rings is 1. The first-order valence-corrected chi connectivity index (χ1v) is 12.7. The smallest absolute Gasteiger partial charge is 0.416 e. The molecule has 0 spiro atoms. The Morgan fingerprint density at radius 3 is 2.44 bits per heavy atom. The number of nitrogens with one attached hydrogen (secondary N) is 1. The molecular weight excluding hydrogens is 514 g/mol. The summed E-state index contributed by atoms with van der Waals surface area (Å²) in [7, 11) is 0. The van der Waals surface area contributed by atoms with E-state index in [1.807, 2.05) is 30.3 Å². The van der Waals surface area contributed by atoms with Crippen LogP contribution in [0.2, 0.25) is 5.02 Å². The molecular formula is C30H26ClN5O3. The number of carbonyl (C=O) groups excluding carboxylic acids is 2. The predicted octanol–water partition coefficient (Wildman–Crippen LogP) is 6.85. The molecule has 0 aliphatic heterocycles. The van der Waals surface area contributed by atoms with E-state index in [9.17, 15) is 9.59 Å². The van der Waals surface area contributed by atoms with Crippen LogP contribution in [0.4, 0.5) is 10.6 Å². The van der Waals surface area contributed by atoms with Crippen molar-refractivity contribution in [2.24, 2.45) is 0 Å². The summed E-state index contributed by atoms with van der Waals surface area (Å²) in [5.41, 5.74) is 3.37. The summed E-state index contributed by atoms with van der Waals surface area (Å²) in [6.45, 7) is 5.63. The van der Waals surface area contributed by atoms with E-state index in [1.54, 1.807) is 69.8 Å².